The van der Waals surface area contributed by atoms with Crippen LogP contribution in [-0.2, 0) is 0 Å². The summed E-state index contributed by atoms with van der Waals surface area (Å²) in [6, 6.07) is 2.81. The van der Waals surface area contributed by atoms with Crippen molar-refractivity contribution >= 4 is 5.91 Å². The molecule has 1 aromatic rings. The van der Waals surface area contributed by atoms with Gasteiger partial charge >= 0.3 is 0 Å². The summed E-state index contributed by atoms with van der Waals surface area (Å²) in [5.41, 5.74) is 0.165. The third-order valence-electron chi connectivity index (χ3n) is 3.75. The van der Waals surface area contributed by atoms with Crippen molar-refractivity contribution in [3.05, 3.63) is 24.0 Å². The minimum atomic E-state index is -2.57. The van der Waals surface area contributed by atoms with Gasteiger partial charge < -0.3 is 14.7 Å². The number of aliphatic hydroxyl groups excluding tert-OH is 1. The monoisotopic (exact) mass is 314 g/mol. The molecule has 1 N–H and O–H groups in total. The van der Waals surface area contributed by atoms with Crippen LogP contribution in [0.15, 0.2) is 18.3 Å². The van der Waals surface area contributed by atoms with Crippen LogP contribution in [0.25, 0.3) is 0 Å². The van der Waals surface area contributed by atoms with Gasteiger partial charge in [-0.1, -0.05) is 0 Å². The van der Waals surface area contributed by atoms with E-state index in [1.807, 2.05) is 0 Å². The fourth-order valence-electron chi connectivity index (χ4n) is 2.53. The third kappa shape index (κ3) is 4.37. The number of halogens is 2. The van der Waals surface area contributed by atoms with Crippen LogP contribution in [-0.4, -0.2) is 53.1 Å². The number of hydrogen-bond donors (Lipinski definition) is 1. The molecule has 22 heavy (non-hydrogen) atoms. The lowest BCUT2D eigenvalue weighted by Crippen LogP contribution is -2.43. The van der Waals surface area contributed by atoms with Gasteiger partial charge in [-0.15, -0.1) is 0 Å². The zero-order valence-electron chi connectivity index (χ0n) is 12.4. The average Bonchev–Trinajstić information content (AvgIpc) is 2.52. The molecule has 1 amide bonds. The molecule has 0 spiro atoms. The standard InChI is InChI=1S/C15H20F2N2O3/c1-10(20)11-3-2-6-19(8-11)15(21)13-7-12(4-5-18-13)22-9-14(16)17/h4-5,7,10-11,14,20H,2-3,6,8-9H2,1H3. The van der Waals surface area contributed by atoms with Gasteiger partial charge in [0.05, 0.1) is 6.10 Å². The number of nitrogens with zero attached hydrogens (tertiary/aromatic N) is 2. The van der Waals surface area contributed by atoms with Gasteiger partial charge in [0, 0.05) is 31.3 Å². The van der Waals surface area contributed by atoms with E-state index in [9.17, 15) is 18.7 Å². The molecule has 2 heterocycles. The Balaban J connectivity index is 2.04. The third-order valence-corrected chi connectivity index (χ3v) is 3.75. The maximum atomic E-state index is 12.4. The van der Waals surface area contributed by atoms with Gasteiger partial charge in [0.2, 0.25) is 0 Å². The van der Waals surface area contributed by atoms with E-state index in [2.05, 4.69) is 4.98 Å². The minimum Gasteiger partial charge on any atom is -0.488 e. The fourth-order valence-corrected chi connectivity index (χ4v) is 2.53. The summed E-state index contributed by atoms with van der Waals surface area (Å²) in [6.07, 6.45) is 0.0323. The van der Waals surface area contributed by atoms with Crippen molar-refractivity contribution in [2.75, 3.05) is 19.7 Å². The first-order chi connectivity index (χ1) is 10.5. The van der Waals surface area contributed by atoms with Crippen LogP contribution in [0, 0.1) is 5.92 Å². The molecule has 1 aliphatic rings. The number of pyridine rings is 1. The summed E-state index contributed by atoms with van der Waals surface area (Å²) in [4.78, 5) is 18.1. The van der Waals surface area contributed by atoms with E-state index in [0.717, 1.165) is 12.8 Å². The summed E-state index contributed by atoms with van der Waals surface area (Å²) < 4.78 is 29.2. The zero-order valence-corrected chi connectivity index (χ0v) is 12.4. The quantitative estimate of drug-likeness (QED) is 0.902. The number of carbonyl (C=O) groups is 1. The van der Waals surface area contributed by atoms with Crippen molar-refractivity contribution in [1.82, 2.24) is 9.88 Å². The lowest BCUT2D eigenvalue weighted by molar-refractivity contribution is 0.0461. The molecule has 1 saturated heterocycles. The second kappa shape index (κ2) is 7.49. The number of carbonyl (C=O) groups excluding carboxylic acids is 1. The number of aliphatic hydroxyl groups is 1. The lowest BCUT2D eigenvalue weighted by atomic mass is 9.93. The predicted octanol–water partition coefficient (Wildman–Crippen LogP) is 1.96. The SMILES string of the molecule is CC(O)C1CCCN(C(=O)c2cc(OCC(F)F)ccn2)C1. The first-order valence-electron chi connectivity index (χ1n) is 7.31. The van der Waals surface area contributed by atoms with E-state index in [1.54, 1.807) is 11.8 Å². The van der Waals surface area contributed by atoms with E-state index >= 15 is 0 Å². The van der Waals surface area contributed by atoms with Crippen molar-refractivity contribution in [2.45, 2.75) is 32.3 Å². The Labute approximate surface area is 127 Å². The number of likely N-dealkylation sites (tertiary alicyclic amines) is 1. The molecular weight excluding hydrogens is 294 g/mol. The molecule has 122 valence electrons. The van der Waals surface area contributed by atoms with Crippen LogP contribution >= 0.6 is 0 Å². The molecule has 0 bridgehead atoms. The number of rotatable bonds is 5. The topological polar surface area (TPSA) is 62.7 Å². The number of ether oxygens (including phenoxy) is 1. The molecule has 1 fully saturated rings. The number of alkyl halides is 2. The number of amides is 1. The maximum absolute atomic E-state index is 12.4. The number of hydrogen-bond acceptors (Lipinski definition) is 4. The summed E-state index contributed by atoms with van der Waals surface area (Å²) in [5.74, 6) is -0.0217. The van der Waals surface area contributed by atoms with Gasteiger partial charge in [-0.2, -0.15) is 0 Å². The smallest absolute Gasteiger partial charge is 0.272 e. The molecule has 2 atom stereocenters. The highest BCUT2D eigenvalue weighted by molar-refractivity contribution is 5.92. The zero-order chi connectivity index (χ0) is 16.1. The van der Waals surface area contributed by atoms with Crippen molar-refractivity contribution in [2.24, 2.45) is 5.92 Å². The van der Waals surface area contributed by atoms with Crippen LogP contribution in [0.1, 0.15) is 30.3 Å². The van der Waals surface area contributed by atoms with E-state index in [1.165, 1.54) is 18.3 Å². The van der Waals surface area contributed by atoms with E-state index in [0.29, 0.717) is 13.1 Å². The summed E-state index contributed by atoms with van der Waals surface area (Å²) in [7, 11) is 0. The van der Waals surface area contributed by atoms with Gasteiger partial charge in [-0.25, -0.2) is 8.78 Å². The largest absolute Gasteiger partial charge is 0.488 e. The second-order valence-electron chi connectivity index (χ2n) is 5.47. The van der Waals surface area contributed by atoms with E-state index in [4.69, 9.17) is 4.74 Å². The molecule has 5 nitrogen and oxygen atoms in total. The van der Waals surface area contributed by atoms with Gasteiger partial charge in [0.25, 0.3) is 12.3 Å². The number of aromatic nitrogens is 1. The second-order valence-corrected chi connectivity index (χ2v) is 5.47. The predicted molar refractivity (Wildman–Crippen MR) is 76.0 cm³/mol. The maximum Gasteiger partial charge on any atom is 0.272 e. The van der Waals surface area contributed by atoms with Crippen LogP contribution in [0.3, 0.4) is 0 Å². The molecule has 0 aromatic carbocycles. The minimum absolute atomic E-state index is 0.0518. The highest BCUT2D eigenvalue weighted by atomic mass is 19.3. The molecule has 2 rings (SSSR count). The van der Waals surface area contributed by atoms with Crippen LogP contribution in [0.2, 0.25) is 0 Å². The normalized spacial score (nSPS) is 20.0. The molecule has 2 unspecified atom stereocenters. The van der Waals surface area contributed by atoms with Crippen molar-refractivity contribution in [3.8, 4) is 5.75 Å². The Morgan fingerprint density at radius 2 is 2.36 bits per heavy atom. The Bertz CT molecular complexity index is 511. The van der Waals surface area contributed by atoms with E-state index in [-0.39, 0.29) is 23.3 Å². The summed E-state index contributed by atoms with van der Waals surface area (Å²) in [5, 5.41) is 9.67. The molecule has 1 aliphatic heterocycles. The molecule has 7 heteroatoms. The van der Waals surface area contributed by atoms with Gasteiger partial charge in [-0.05, 0) is 25.8 Å². The molecule has 1 aromatic heterocycles. The molecule has 0 saturated carbocycles. The molecular formula is C15H20F2N2O3. The van der Waals surface area contributed by atoms with Crippen molar-refractivity contribution < 1.29 is 23.4 Å². The van der Waals surface area contributed by atoms with Crippen molar-refractivity contribution in [1.29, 1.82) is 0 Å². The highest BCUT2D eigenvalue weighted by Crippen LogP contribution is 2.22. The molecule has 0 radical (unpaired) electrons. The Morgan fingerprint density at radius 1 is 1.59 bits per heavy atom. The van der Waals surface area contributed by atoms with Gasteiger partial charge in [0.15, 0.2) is 0 Å². The van der Waals surface area contributed by atoms with Crippen LogP contribution in [0.5, 0.6) is 5.75 Å². The van der Waals surface area contributed by atoms with E-state index < -0.39 is 19.1 Å². The highest BCUT2D eigenvalue weighted by Gasteiger charge is 2.27. The Hall–Kier alpha value is -1.76. The fraction of sp³-hybridized carbons (Fsp3) is 0.600. The Kier molecular flexibility index (Phi) is 5.65. The van der Waals surface area contributed by atoms with Gasteiger partial charge in [0.1, 0.15) is 18.1 Å². The average molecular weight is 314 g/mol. The Morgan fingerprint density at radius 3 is 3.05 bits per heavy atom. The van der Waals surface area contributed by atoms with Crippen LogP contribution < -0.4 is 4.74 Å². The van der Waals surface area contributed by atoms with Gasteiger partial charge in [-0.3, -0.25) is 9.78 Å². The summed E-state index contributed by atoms with van der Waals surface area (Å²) in [6.45, 7) is 2.08. The lowest BCUT2D eigenvalue weighted by Gasteiger charge is -2.34. The van der Waals surface area contributed by atoms with Crippen LogP contribution in [0.4, 0.5) is 8.78 Å². The first kappa shape index (κ1) is 16.6. The van der Waals surface area contributed by atoms with Crippen molar-refractivity contribution in [3.63, 3.8) is 0 Å². The number of piperidine rings is 1. The summed E-state index contributed by atoms with van der Waals surface area (Å²) >= 11 is 0. The first-order valence-corrected chi connectivity index (χ1v) is 7.31. The molecule has 0 aliphatic carbocycles.